The normalized spacial score (nSPS) is 14.4. The van der Waals surface area contributed by atoms with Crippen LogP contribution in [0.2, 0.25) is 0 Å². The van der Waals surface area contributed by atoms with E-state index in [-0.39, 0.29) is 17.5 Å². The first-order valence-corrected chi connectivity index (χ1v) is 11.4. The number of carbonyl (C=O) groups is 1. The number of nitrogens with zero attached hydrogens (tertiary/aromatic N) is 2. The van der Waals surface area contributed by atoms with Gasteiger partial charge in [0.05, 0.1) is 12.0 Å². The number of nitrogens with one attached hydrogen (secondary N) is 1. The molecule has 0 saturated heterocycles. The molecule has 1 N–H and O–H groups in total. The van der Waals surface area contributed by atoms with E-state index in [1.54, 1.807) is 18.2 Å². The highest BCUT2D eigenvalue weighted by molar-refractivity contribution is 6.03. The van der Waals surface area contributed by atoms with E-state index >= 15 is 0 Å². The van der Waals surface area contributed by atoms with Crippen LogP contribution in [0.3, 0.4) is 0 Å². The molecule has 2 aromatic heterocycles. The highest BCUT2D eigenvalue weighted by Gasteiger charge is 2.25. The summed E-state index contributed by atoms with van der Waals surface area (Å²) in [7, 11) is 0. The number of aryl methyl sites for hydroxylation is 1. The molecule has 6 heteroatoms. The molecule has 1 aliphatic rings. The van der Waals surface area contributed by atoms with Crippen LogP contribution >= 0.6 is 0 Å². The third kappa shape index (κ3) is 4.33. The van der Waals surface area contributed by atoms with Gasteiger partial charge in [-0.1, -0.05) is 37.5 Å². The Morgan fingerprint density at radius 3 is 2.55 bits per heavy atom. The second-order valence-corrected chi connectivity index (χ2v) is 8.58. The van der Waals surface area contributed by atoms with Gasteiger partial charge in [-0.25, -0.2) is 9.37 Å². The van der Waals surface area contributed by atoms with Gasteiger partial charge in [-0.2, -0.15) is 0 Å². The molecule has 168 valence electrons. The summed E-state index contributed by atoms with van der Waals surface area (Å²) < 4.78 is 21.8. The van der Waals surface area contributed by atoms with Gasteiger partial charge in [-0.3, -0.25) is 4.79 Å². The van der Waals surface area contributed by atoms with Crippen LogP contribution < -0.4 is 5.32 Å². The smallest absolute Gasteiger partial charge is 0.291 e. The van der Waals surface area contributed by atoms with Crippen molar-refractivity contribution < 1.29 is 13.6 Å². The summed E-state index contributed by atoms with van der Waals surface area (Å²) >= 11 is 0. The fraction of sp³-hybridized carbons (Fsp3) is 0.259. The number of halogens is 1. The number of imidazole rings is 1. The molecule has 0 atom stereocenters. The standard InChI is InChI=1S/C27H26FN3O2/c1-18-7-5-6-10-22(18)30-27(32)24-16-15-23(33-24)26-25(19-11-13-20(28)14-12-19)29-17-31(26)21-8-3-2-4-9-21/h5-7,10-17,21H,2-4,8-9H2,1H3,(H,30,32). The van der Waals surface area contributed by atoms with Gasteiger partial charge in [-0.05, 0) is 67.8 Å². The Morgan fingerprint density at radius 2 is 1.79 bits per heavy atom. The van der Waals surface area contributed by atoms with Gasteiger partial charge in [-0.15, -0.1) is 0 Å². The number of benzene rings is 2. The lowest BCUT2D eigenvalue weighted by atomic mass is 9.95. The lowest BCUT2D eigenvalue weighted by molar-refractivity contribution is 0.0997. The van der Waals surface area contributed by atoms with Crippen LogP contribution in [0.15, 0.2) is 71.4 Å². The molecule has 33 heavy (non-hydrogen) atoms. The summed E-state index contributed by atoms with van der Waals surface area (Å²) in [6.45, 7) is 1.95. The summed E-state index contributed by atoms with van der Waals surface area (Å²) in [6.07, 6.45) is 7.60. The highest BCUT2D eigenvalue weighted by Crippen LogP contribution is 2.38. The van der Waals surface area contributed by atoms with E-state index in [9.17, 15) is 9.18 Å². The molecule has 2 aromatic carbocycles. The third-order valence-electron chi connectivity index (χ3n) is 6.34. The van der Waals surface area contributed by atoms with E-state index in [1.807, 2.05) is 43.6 Å². The minimum absolute atomic E-state index is 0.231. The predicted molar refractivity (Wildman–Crippen MR) is 127 cm³/mol. The molecule has 5 rings (SSSR count). The van der Waals surface area contributed by atoms with Crippen LogP contribution in [-0.2, 0) is 0 Å². The molecule has 1 aliphatic carbocycles. The summed E-state index contributed by atoms with van der Waals surface area (Å²) in [5, 5.41) is 2.92. The summed E-state index contributed by atoms with van der Waals surface area (Å²) in [6, 6.07) is 17.8. The molecule has 1 amide bonds. The van der Waals surface area contributed by atoms with E-state index in [2.05, 4.69) is 14.9 Å². The third-order valence-corrected chi connectivity index (χ3v) is 6.34. The van der Waals surface area contributed by atoms with E-state index < -0.39 is 0 Å². The molecule has 1 saturated carbocycles. The Morgan fingerprint density at radius 1 is 1.03 bits per heavy atom. The van der Waals surface area contributed by atoms with Gasteiger partial charge in [0.25, 0.3) is 5.91 Å². The summed E-state index contributed by atoms with van der Waals surface area (Å²) in [5.74, 6) is 0.213. The monoisotopic (exact) mass is 443 g/mol. The van der Waals surface area contributed by atoms with Crippen LogP contribution in [0.1, 0.15) is 54.3 Å². The number of furan rings is 1. The Balaban J connectivity index is 1.52. The van der Waals surface area contributed by atoms with E-state index in [0.29, 0.717) is 11.8 Å². The molecule has 1 fully saturated rings. The zero-order valence-electron chi connectivity index (χ0n) is 18.6. The molecule has 0 spiro atoms. The van der Waals surface area contributed by atoms with Crippen molar-refractivity contribution in [2.24, 2.45) is 0 Å². The molecule has 0 aliphatic heterocycles. The second kappa shape index (κ2) is 9.06. The first-order valence-electron chi connectivity index (χ1n) is 11.4. The molecule has 2 heterocycles. The maximum Gasteiger partial charge on any atom is 0.291 e. The van der Waals surface area contributed by atoms with Crippen LogP contribution in [0.5, 0.6) is 0 Å². The van der Waals surface area contributed by atoms with Crippen molar-refractivity contribution >= 4 is 11.6 Å². The van der Waals surface area contributed by atoms with E-state index in [0.717, 1.165) is 41.0 Å². The zero-order valence-corrected chi connectivity index (χ0v) is 18.6. The van der Waals surface area contributed by atoms with Gasteiger partial charge in [0.2, 0.25) is 0 Å². The Kier molecular flexibility index (Phi) is 5.82. The molecular weight excluding hydrogens is 417 g/mol. The molecular formula is C27H26FN3O2. The van der Waals surface area contributed by atoms with E-state index in [1.165, 1.54) is 31.4 Å². The number of hydrogen-bond acceptors (Lipinski definition) is 3. The van der Waals surface area contributed by atoms with Crippen molar-refractivity contribution in [2.45, 2.75) is 45.1 Å². The number of hydrogen-bond donors (Lipinski definition) is 1. The van der Waals surface area contributed by atoms with Crippen LogP contribution in [0.4, 0.5) is 10.1 Å². The average molecular weight is 444 g/mol. The average Bonchev–Trinajstić information content (AvgIpc) is 3.49. The van der Waals surface area contributed by atoms with Crippen molar-refractivity contribution in [1.29, 1.82) is 0 Å². The Bertz CT molecular complexity index is 1270. The molecule has 4 aromatic rings. The minimum atomic E-state index is -0.303. The van der Waals surface area contributed by atoms with Crippen LogP contribution in [0, 0.1) is 12.7 Å². The molecule has 0 radical (unpaired) electrons. The first-order chi connectivity index (χ1) is 16.1. The van der Waals surface area contributed by atoms with Crippen molar-refractivity contribution in [3.8, 4) is 22.7 Å². The van der Waals surface area contributed by atoms with Gasteiger partial charge in [0.15, 0.2) is 11.5 Å². The maximum absolute atomic E-state index is 13.5. The quantitative estimate of drug-likeness (QED) is 0.361. The zero-order chi connectivity index (χ0) is 22.8. The van der Waals surface area contributed by atoms with Crippen molar-refractivity contribution in [1.82, 2.24) is 9.55 Å². The lowest BCUT2D eigenvalue weighted by Gasteiger charge is -2.24. The number of amides is 1. The SMILES string of the molecule is Cc1ccccc1NC(=O)c1ccc(-c2c(-c3ccc(F)cc3)ncn2C2CCCCC2)o1. The number of anilines is 1. The number of carbonyl (C=O) groups excluding carboxylic acids is 1. The second-order valence-electron chi connectivity index (χ2n) is 8.58. The van der Waals surface area contributed by atoms with Crippen molar-refractivity contribution in [3.63, 3.8) is 0 Å². The topological polar surface area (TPSA) is 60.1 Å². The summed E-state index contributed by atoms with van der Waals surface area (Å²) in [4.78, 5) is 17.5. The molecule has 0 unspecified atom stereocenters. The Hall–Kier alpha value is -3.67. The maximum atomic E-state index is 13.5. The number of para-hydroxylation sites is 1. The Labute approximate surface area is 192 Å². The van der Waals surface area contributed by atoms with Crippen molar-refractivity contribution in [3.05, 3.63) is 84.1 Å². The van der Waals surface area contributed by atoms with Crippen LogP contribution in [-0.4, -0.2) is 15.5 Å². The number of aromatic nitrogens is 2. The predicted octanol–water partition coefficient (Wildman–Crippen LogP) is 7.02. The van der Waals surface area contributed by atoms with Gasteiger partial charge in [0, 0.05) is 17.3 Å². The highest BCUT2D eigenvalue weighted by atomic mass is 19.1. The minimum Gasteiger partial charge on any atom is -0.449 e. The van der Waals surface area contributed by atoms with Gasteiger partial charge in [0.1, 0.15) is 11.5 Å². The number of rotatable bonds is 5. The first kappa shape index (κ1) is 21.2. The van der Waals surface area contributed by atoms with Gasteiger partial charge < -0.3 is 14.3 Å². The summed E-state index contributed by atoms with van der Waals surface area (Å²) in [5.41, 5.74) is 4.08. The van der Waals surface area contributed by atoms with Crippen molar-refractivity contribution in [2.75, 3.05) is 5.32 Å². The van der Waals surface area contributed by atoms with E-state index in [4.69, 9.17) is 4.42 Å². The fourth-order valence-corrected chi connectivity index (χ4v) is 4.54. The van der Waals surface area contributed by atoms with Crippen LogP contribution in [0.25, 0.3) is 22.7 Å². The molecule has 0 bridgehead atoms. The fourth-order valence-electron chi connectivity index (χ4n) is 4.54. The lowest BCUT2D eigenvalue weighted by Crippen LogP contribution is -2.13. The van der Waals surface area contributed by atoms with Gasteiger partial charge >= 0.3 is 0 Å². The largest absolute Gasteiger partial charge is 0.449 e. The molecule has 5 nitrogen and oxygen atoms in total.